The van der Waals surface area contributed by atoms with Gasteiger partial charge in [0.05, 0.1) is 7.11 Å². The maximum Gasteiger partial charge on any atom is 0.228 e. The molecular formula is C18H18N4O2S. The number of amides is 1. The van der Waals surface area contributed by atoms with Gasteiger partial charge in [-0.2, -0.15) is 0 Å². The molecule has 7 heteroatoms. The van der Waals surface area contributed by atoms with Gasteiger partial charge in [-0.15, -0.1) is 10.2 Å². The quantitative estimate of drug-likeness (QED) is 0.680. The molecule has 0 aliphatic carbocycles. The first-order valence-electron chi connectivity index (χ1n) is 7.81. The second-order valence-corrected chi connectivity index (χ2v) is 6.38. The lowest BCUT2D eigenvalue weighted by molar-refractivity contribution is -0.118. The highest BCUT2D eigenvalue weighted by atomic mass is 32.1. The third-order valence-corrected chi connectivity index (χ3v) is 4.84. The largest absolute Gasteiger partial charge is 0.497 e. The first-order chi connectivity index (χ1) is 12.2. The summed E-state index contributed by atoms with van der Waals surface area (Å²) in [5.41, 5.74) is 2.04. The van der Waals surface area contributed by atoms with Crippen molar-refractivity contribution < 1.29 is 9.53 Å². The molecule has 0 unspecified atom stereocenters. The van der Waals surface area contributed by atoms with Crippen LogP contribution in [-0.2, 0) is 11.2 Å². The highest BCUT2D eigenvalue weighted by Crippen LogP contribution is 2.28. The van der Waals surface area contributed by atoms with E-state index in [0.717, 1.165) is 21.9 Å². The summed E-state index contributed by atoms with van der Waals surface area (Å²) in [4.78, 5) is 18.0. The average molecular weight is 354 g/mol. The number of ether oxygens (including phenoxy) is 1. The van der Waals surface area contributed by atoms with Crippen molar-refractivity contribution in [2.45, 2.75) is 12.8 Å². The molecule has 128 valence electrons. The highest BCUT2D eigenvalue weighted by Gasteiger charge is 2.16. The first kappa shape index (κ1) is 17.0. The van der Waals surface area contributed by atoms with E-state index in [1.165, 1.54) is 11.3 Å². The fourth-order valence-electron chi connectivity index (χ4n) is 2.28. The van der Waals surface area contributed by atoms with E-state index >= 15 is 0 Å². The summed E-state index contributed by atoms with van der Waals surface area (Å²) in [7, 11) is 3.36. The fourth-order valence-corrected chi connectivity index (χ4v) is 3.11. The predicted octanol–water partition coefficient (Wildman–Crippen LogP) is 3.20. The van der Waals surface area contributed by atoms with Gasteiger partial charge in [0.2, 0.25) is 11.0 Å². The van der Waals surface area contributed by atoms with E-state index in [0.29, 0.717) is 18.0 Å². The van der Waals surface area contributed by atoms with E-state index < -0.39 is 0 Å². The lowest BCUT2D eigenvalue weighted by Crippen LogP contribution is -2.26. The minimum Gasteiger partial charge on any atom is -0.497 e. The van der Waals surface area contributed by atoms with E-state index in [-0.39, 0.29) is 5.91 Å². The van der Waals surface area contributed by atoms with Crippen molar-refractivity contribution in [2.75, 3.05) is 19.1 Å². The molecule has 0 spiro atoms. The third kappa shape index (κ3) is 4.19. The van der Waals surface area contributed by atoms with Gasteiger partial charge in [0.15, 0.2) is 0 Å². The third-order valence-electron chi connectivity index (χ3n) is 3.79. The molecule has 0 atom stereocenters. The Balaban J connectivity index is 1.61. The van der Waals surface area contributed by atoms with Crippen molar-refractivity contribution in [1.82, 2.24) is 15.2 Å². The molecule has 1 aromatic carbocycles. The molecule has 2 heterocycles. The van der Waals surface area contributed by atoms with Gasteiger partial charge in [-0.25, -0.2) is 0 Å². The Hall–Kier alpha value is -2.80. The summed E-state index contributed by atoms with van der Waals surface area (Å²) in [5, 5.41) is 9.65. The van der Waals surface area contributed by atoms with Gasteiger partial charge in [0.25, 0.3) is 0 Å². The lowest BCUT2D eigenvalue weighted by Gasteiger charge is -2.13. The van der Waals surface area contributed by atoms with Crippen molar-refractivity contribution in [2.24, 2.45) is 0 Å². The summed E-state index contributed by atoms with van der Waals surface area (Å²) in [6, 6.07) is 11.5. The minimum atomic E-state index is 0.00764. The molecule has 0 N–H and O–H groups in total. The Bertz CT molecular complexity index is 834. The smallest absolute Gasteiger partial charge is 0.228 e. The maximum absolute atomic E-state index is 12.4. The maximum atomic E-state index is 12.4. The molecular weight excluding hydrogens is 336 g/mol. The van der Waals surface area contributed by atoms with Crippen molar-refractivity contribution in [3.8, 4) is 16.3 Å². The number of hydrogen-bond donors (Lipinski definition) is 0. The molecule has 25 heavy (non-hydrogen) atoms. The zero-order valence-electron chi connectivity index (χ0n) is 14.0. The summed E-state index contributed by atoms with van der Waals surface area (Å²) >= 11 is 1.39. The Kier molecular flexibility index (Phi) is 5.35. The van der Waals surface area contributed by atoms with Crippen molar-refractivity contribution >= 4 is 22.4 Å². The number of aryl methyl sites for hydroxylation is 1. The molecule has 3 aromatic rings. The number of nitrogens with zero attached hydrogens (tertiary/aromatic N) is 4. The molecule has 0 saturated carbocycles. The molecule has 3 rings (SSSR count). The van der Waals surface area contributed by atoms with Gasteiger partial charge in [0.1, 0.15) is 10.8 Å². The molecule has 6 nitrogen and oxygen atoms in total. The molecule has 0 bridgehead atoms. The van der Waals surface area contributed by atoms with E-state index in [1.807, 2.05) is 36.4 Å². The van der Waals surface area contributed by atoms with Gasteiger partial charge >= 0.3 is 0 Å². The normalized spacial score (nSPS) is 10.5. The van der Waals surface area contributed by atoms with Crippen LogP contribution in [0.25, 0.3) is 10.6 Å². The van der Waals surface area contributed by atoms with Crippen molar-refractivity contribution in [3.63, 3.8) is 0 Å². The number of methoxy groups -OCH3 is 1. The molecule has 1 amide bonds. The summed E-state index contributed by atoms with van der Waals surface area (Å²) < 4.78 is 5.14. The summed E-state index contributed by atoms with van der Waals surface area (Å²) in [6.45, 7) is 0. The fraction of sp³-hybridized carbons (Fsp3) is 0.222. The number of rotatable bonds is 6. The second-order valence-electron chi connectivity index (χ2n) is 5.43. The number of aromatic nitrogens is 3. The van der Waals surface area contributed by atoms with Crippen LogP contribution in [-0.4, -0.2) is 35.2 Å². The number of pyridine rings is 1. The van der Waals surface area contributed by atoms with Crippen LogP contribution in [0.1, 0.15) is 12.0 Å². The van der Waals surface area contributed by atoms with E-state index in [9.17, 15) is 4.79 Å². The van der Waals surface area contributed by atoms with Gasteiger partial charge in [-0.3, -0.25) is 14.7 Å². The Morgan fingerprint density at radius 2 is 1.84 bits per heavy atom. The van der Waals surface area contributed by atoms with E-state index in [1.54, 1.807) is 31.5 Å². The second kappa shape index (κ2) is 7.85. The SMILES string of the molecule is COc1ccc(CCC(=O)N(C)c2nnc(-c3ccncc3)s2)cc1. The van der Waals surface area contributed by atoms with Crippen LogP contribution in [0.3, 0.4) is 0 Å². The number of anilines is 1. The number of hydrogen-bond acceptors (Lipinski definition) is 6. The van der Waals surface area contributed by atoms with Gasteiger partial charge in [-0.1, -0.05) is 23.5 Å². The zero-order chi connectivity index (χ0) is 17.6. The van der Waals surface area contributed by atoms with Crippen LogP contribution in [0.15, 0.2) is 48.8 Å². The van der Waals surface area contributed by atoms with Gasteiger partial charge < -0.3 is 4.74 Å². The van der Waals surface area contributed by atoms with Crippen LogP contribution >= 0.6 is 11.3 Å². The molecule has 0 radical (unpaired) electrons. The topological polar surface area (TPSA) is 68.2 Å². The van der Waals surface area contributed by atoms with Crippen LogP contribution < -0.4 is 9.64 Å². The number of carbonyl (C=O) groups is 1. The Morgan fingerprint density at radius 1 is 1.12 bits per heavy atom. The van der Waals surface area contributed by atoms with Gasteiger partial charge in [-0.05, 0) is 36.2 Å². The van der Waals surface area contributed by atoms with Crippen LogP contribution in [0, 0.1) is 0 Å². The molecule has 0 saturated heterocycles. The average Bonchev–Trinajstić information content (AvgIpc) is 3.16. The molecule has 0 aliphatic rings. The minimum absolute atomic E-state index is 0.00764. The van der Waals surface area contributed by atoms with Crippen molar-refractivity contribution in [3.05, 3.63) is 54.4 Å². The van der Waals surface area contributed by atoms with Crippen molar-refractivity contribution in [1.29, 1.82) is 0 Å². The summed E-state index contributed by atoms with van der Waals surface area (Å²) in [5.74, 6) is 0.818. The molecule has 0 aliphatic heterocycles. The van der Waals surface area contributed by atoms with Crippen LogP contribution in [0.4, 0.5) is 5.13 Å². The van der Waals surface area contributed by atoms with Crippen LogP contribution in [0.2, 0.25) is 0 Å². The van der Waals surface area contributed by atoms with Gasteiger partial charge in [0, 0.05) is 31.4 Å². The van der Waals surface area contributed by atoms with E-state index in [4.69, 9.17) is 4.74 Å². The Morgan fingerprint density at radius 3 is 2.52 bits per heavy atom. The van der Waals surface area contributed by atoms with E-state index in [2.05, 4.69) is 15.2 Å². The molecule has 0 fully saturated rings. The highest BCUT2D eigenvalue weighted by molar-refractivity contribution is 7.18. The number of carbonyl (C=O) groups excluding carboxylic acids is 1. The monoisotopic (exact) mass is 354 g/mol. The lowest BCUT2D eigenvalue weighted by atomic mass is 10.1. The standard InChI is InChI=1S/C18H18N4O2S/c1-22(16(23)8-5-13-3-6-15(24-2)7-4-13)18-21-20-17(25-18)14-9-11-19-12-10-14/h3-4,6-7,9-12H,5,8H2,1-2H3. The number of benzene rings is 1. The first-order valence-corrected chi connectivity index (χ1v) is 8.62. The molecule has 2 aromatic heterocycles. The van der Waals surface area contributed by atoms with Crippen LogP contribution in [0.5, 0.6) is 5.75 Å². The zero-order valence-corrected chi connectivity index (χ0v) is 14.9. The predicted molar refractivity (Wildman–Crippen MR) is 97.9 cm³/mol. The Labute approximate surface area is 150 Å². The summed E-state index contributed by atoms with van der Waals surface area (Å²) in [6.07, 6.45) is 4.50.